The summed E-state index contributed by atoms with van der Waals surface area (Å²) in [6.45, 7) is 4.71. The summed E-state index contributed by atoms with van der Waals surface area (Å²) in [4.78, 5) is 18.4. The molecule has 0 saturated carbocycles. The number of halogens is 6. The average molecular weight is 700 g/mol. The lowest BCUT2D eigenvalue weighted by molar-refractivity contribution is -0.141. The number of aromatic nitrogens is 1. The molecule has 0 unspecified atom stereocenters. The first-order chi connectivity index (χ1) is 24.3. The molecule has 4 nitrogen and oxygen atoms in total. The van der Waals surface area contributed by atoms with Crippen LogP contribution in [0.25, 0.3) is 28.0 Å². The van der Waals surface area contributed by atoms with Crippen molar-refractivity contribution in [1.29, 1.82) is 0 Å². The van der Waals surface area contributed by atoms with Gasteiger partial charge in [0.1, 0.15) is 12.0 Å². The van der Waals surface area contributed by atoms with Gasteiger partial charge in [-0.05, 0) is 83.3 Å². The van der Waals surface area contributed by atoms with Crippen LogP contribution in [0.4, 0.5) is 32.0 Å². The number of nitrogens with one attached hydrogen (secondary N) is 2. The Morgan fingerprint density at radius 2 is 1.37 bits per heavy atom. The lowest BCUT2D eigenvalue weighted by atomic mass is 9.73. The first kappa shape index (κ1) is 35.4. The molecular formula is C41H35F6N3O. The molecule has 0 fully saturated rings. The first-order valence-corrected chi connectivity index (χ1v) is 16.5. The summed E-state index contributed by atoms with van der Waals surface area (Å²) in [6, 6.07) is 29.1. The number of anilines is 1. The normalized spacial score (nSPS) is 13.3. The van der Waals surface area contributed by atoms with Crippen molar-refractivity contribution in [3.63, 3.8) is 0 Å². The van der Waals surface area contributed by atoms with E-state index < -0.39 is 35.8 Å². The topological polar surface area (TPSA) is 54.0 Å². The van der Waals surface area contributed by atoms with Gasteiger partial charge in [0.2, 0.25) is 5.91 Å². The molecule has 262 valence electrons. The van der Waals surface area contributed by atoms with Crippen LogP contribution in [0.5, 0.6) is 0 Å². The quantitative estimate of drug-likeness (QED) is 0.107. The maximum atomic E-state index is 13.7. The van der Waals surface area contributed by atoms with Crippen molar-refractivity contribution in [3.8, 4) is 22.3 Å². The molecule has 4 aromatic carbocycles. The number of carbonyl (C=O) groups excluding carboxylic acids is 1. The molecule has 0 spiro atoms. The molecule has 0 atom stereocenters. The van der Waals surface area contributed by atoms with E-state index in [-0.39, 0.29) is 0 Å². The van der Waals surface area contributed by atoms with Gasteiger partial charge in [-0.15, -0.1) is 0 Å². The van der Waals surface area contributed by atoms with E-state index in [1.165, 1.54) is 12.1 Å². The van der Waals surface area contributed by atoms with Gasteiger partial charge in [0.05, 0.1) is 17.4 Å². The van der Waals surface area contributed by atoms with E-state index in [0.29, 0.717) is 53.8 Å². The molecule has 1 amide bonds. The van der Waals surface area contributed by atoms with Crippen molar-refractivity contribution < 1.29 is 31.1 Å². The van der Waals surface area contributed by atoms with Gasteiger partial charge in [0.25, 0.3) is 0 Å². The zero-order valence-corrected chi connectivity index (χ0v) is 27.8. The lowest BCUT2D eigenvalue weighted by Crippen LogP contribution is -2.47. The van der Waals surface area contributed by atoms with E-state index >= 15 is 0 Å². The number of nitrogens with zero attached hydrogens (tertiary/aromatic N) is 1. The van der Waals surface area contributed by atoms with Gasteiger partial charge in [0, 0.05) is 17.0 Å². The molecule has 0 bridgehead atoms. The van der Waals surface area contributed by atoms with Crippen LogP contribution in [0.1, 0.15) is 52.8 Å². The highest BCUT2D eigenvalue weighted by Gasteiger charge is 2.49. The molecule has 5 aromatic rings. The maximum absolute atomic E-state index is 13.7. The minimum absolute atomic E-state index is 0.321. The number of amides is 1. The molecule has 0 saturated heterocycles. The van der Waals surface area contributed by atoms with Crippen LogP contribution >= 0.6 is 0 Å². The standard InChI is InChI=1S/C41H35F6N3O/c1-26-23-30(48-24-37(26)50-27(2)31-12-3-4-13-32(31)28-18-20-29(21-19-28)41(45,46)47)11-9-10-22-39(38(51)49-25-40(42,43)44)35-16-7-5-14-33(35)34-15-6-8-17-36(34)39/h3-8,12-21,23-24,50H,2,9-11,22,25H2,1H3,(H,49,51). The van der Waals surface area contributed by atoms with E-state index in [1.807, 2.05) is 73.7 Å². The van der Waals surface area contributed by atoms with Gasteiger partial charge in [0.15, 0.2) is 0 Å². The second-order valence-corrected chi connectivity index (χ2v) is 12.7. The summed E-state index contributed by atoms with van der Waals surface area (Å²) in [5.74, 6) is -0.665. The van der Waals surface area contributed by atoms with Gasteiger partial charge < -0.3 is 10.6 Å². The van der Waals surface area contributed by atoms with E-state index in [4.69, 9.17) is 0 Å². The second-order valence-electron chi connectivity index (χ2n) is 12.7. The number of fused-ring (bicyclic) bond motifs is 3. The lowest BCUT2D eigenvalue weighted by Gasteiger charge is -2.31. The molecule has 6 rings (SSSR count). The zero-order chi connectivity index (χ0) is 36.4. The Bertz CT molecular complexity index is 2020. The van der Waals surface area contributed by atoms with Crippen molar-refractivity contribution in [2.75, 3.05) is 11.9 Å². The largest absolute Gasteiger partial charge is 0.416 e. The number of aryl methyl sites for hydroxylation is 2. The molecule has 1 aliphatic carbocycles. The monoisotopic (exact) mass is 699 g/mol. The summed E-state index contributed by atoms with van der Waals surface area (Å²) in [5, 5.41) is 5.48. The molecule has 0 aliphatic heterocycles. The van der Waals surface area contributed by atoms with E-state index in [0.717, 1.165) is 45.6 Å². The van der Waals surface area contributed by atoms with Crippen LogP contribution in [-0.4, -0.2) is 23.6 Å². The van der Waals surface area contributed by atoms with Crippen molar-refractivity contribution in [2.45, 2.75) is 50.4 Å². The van der Waals surface area contributed by atoms with Crippen LogP contribution in [0.3, 0.4) is 0 Å². The zero-order valence-electron chi connectivity index (χ0n) is 27.8. The van der Waals surface area contributed by atoms with Gasteiger partial charge in [-0.2, -0.15) is 26.3 Å². The van der Waals surface area contributed by atoms with Crippen molar-refractivity contribution >= 4 is 17.3 Å². The third-order valence-corrected chi connectivity index (χ3v) is 9.36. The Balaban J connectivity index is 1.15. The fourth-order valence-electron chi connectivity index (χ4n) is 6.93. The van der Waals surface area contributed by atoms with Crippen LogP contribution in [0.15, 0.2) is 116 Å². The minimum atomic E-state index is -4.54. The highest BCUT2D eigenvalue weighted by atomic mass is 19.4. The molecule has 1 heterocycles. The Hall–Kier alpha value is -5.38. The molecule has 1 aliphatic rings. The summed E-state index contributed by atoms with van der Waals surface area (Å²) in [7, 11) is 0. The summed E-state index contributed by atoms with van der Waals surface area (Å²) < 4.78 is 78.9. The highest BCUT2D eigenvalue weighted by molar-refractivity contribution is 6.00. The smallest absolute Gasteiger partial charge is 0.354 e. The molecular weight excluding hydrogens is 664 g/mol. The first-order valence-electron chi connectivity index (χ1n) is 16.5. The maximum Gasteiger partial charge on any atom is 0.416 e. The number of carbonyl (C=O) groups is 1. The molecule has 10 heteroatoms. The Labute approximate surface area is 292 Å². The van der Waals surface area contributed by atoms with E-state index in [2.05, 4.69) is 22.2 Å². The van der Waals surface area contributed by atoms with Crippen molar-refractivity contribution in [1.82, 2.24) is 10.3 Å². The number of hydrogen-bond acceptors (Lipinski definition) is 3. The molecule has 1 aromatic heterocycles. The van der Waals surface area contributed by atoms with Crippen LogP contribution in [0, 0.1) is 6.92 Å². The van der Waals surface area contributed by atoms with E-state index in [9.17, 15) is 31.1 Å². The van der Waals surface area contributed by atoms with Crippen molar-refractivity contribution in [3.05, 3.63) is 149 Å². The minimum Gasteiger partial charge on any atom is -0.354 e. The Morgan fingerprint density at radius 1 is 0.784 bits per heavy atom. The van der Waals surface area contributed by atoms with Gasteiger partial charge in [-0.25, -0.2) is 0 Å². The fraction of sp³-hybridized carbons (Fsp3) is 0.220. The van der Waals surface area contributed by atoms with Gasteiger partial charge in [-0.1, -0.05) is 97.9 Å². The number of pyridine rings is 1. The van der Waals surface area contributed by atoms with Crippen molar-refractivity contribution in [2.24, 2.45) is 0 Å². The number of alkyl halides is 6. The SMILES string of the molecule is C=C(Nc1cnc(CCCCC2(C(=O)NCC(F)(F)F)c3ccccc3-c3ccccc32)cc1C)c1ccccc1-c1ccc(C(F)(F)F)cc1. The molecule has 2 N–H and O–H groups in total. The fourth-order valence-corrected chi connectivity index (χ4v) is 6.93. The number of hydrogen-bond donors (Lipinski definition) is 2. The van der Waals surface area contributed by atoms with E-state index in [1.54, 1.807) is 18.3 Å². The van der Waals surface area contributed by atoms with Crippen LogP contribution in [0.2, 0.25) is 0 Å². The predicted molar refractivity (Wildman–Crippen MR) is 188 cm³/mol. The predicted octanol–water partition coefficient (Wildman–Crippen LogP) is 10.5. The average Bonchev–Trinajstić information content (AvgIpc) is 3.40. The second kappa shape index (κ2) is 14.1. The number of unbranched alkanes of at least 4 members (excludes halogenated alkanes) is 1. The number of benzene rings is 4. The third kappa shape index (κ3) is 7.41. The van der Waals surface area contributed by atoms with Crippen LogP contribution < -0.4 is 10.6 Å². The Morgan fingerprint density at radius 3 is 1.96 bits per heavy atom. The van der Waals surface area contributed by atoms with Gasteiger partial charge in [-0.3, -0.25) is 9.78 Å². The summed E-state index contributed by atoms with van der Waals surface area (Å²) in [5.41, 5.74) is 6.17. The highest BCUT2D eigenvalue weighted by Crippen LogP contribution is 2.51. The third-order valence-electron chi connectivity index (χ3n) is 9.36. The molecule has 0 radical (unpaired) electrons. The van der Waals surface area contributed by atoms with Gasteiger partial charge >= 0.3 is 12.4 Å². The summed E-state index contributed by atoms with van der Waals surface area (Å²) >= 11 is 0. The number of rotatable bonds is 11. The summed E-state index contributed by atoms with van der Waals surface area (Å²) in [6.07, 6.45) is -5.16. The molecule has 51 heavy (non-hydrogen) atoms. The van der Waals surface area contributed by atoms with Crippen LogP contribution in [-0.2, 0) is 22.8 Å². The Kier molecular flexibility index (Phi) is 9.79.